The van der Waals surface area contributed by atoms with Gasteiger partial charge in [-0.05, 0) is 18.8 Å². The van der Waals surface area contributed by atoms with Gasteiger partial charge in [-0.3, -0.25) is 9.69 Å². The van der Waals surface area contributed by atoms with E-state index in [1.807, 2.05) is 11.9 Å². The number of rotatable bonds is 4. The Bertz CT molecular complexity index is 234. The van der Waals surface area contributed by atoms with Crippen molar-refractivity contribution in [3.63, 3.8) is 0 Å². The summed E-state index contributed by atoms with van der Waals surface area (Å²) in [6, 6.07) is 0. The normalized spacial score (nSPS) is 22.8. The predicted octanol–water partition coefficient (Wildman–Crippen LogP) is 0.150. The lowest BCUT2D eigenvalue weighted by Gasteiger charge is -2.32. The third-order valence-corrected chi connectivity index (χ3v) is 3.75. The Morgan fingerprint density at radius 3 is 2.62 bits per heavy atom. The summed E-state index contributed by atoms with van der Waals surface area (Å²) in [4.78, 5) is 16.1. The Kier molecular flexibility index (Phi) is 4.18. The number of carbonyl (C=O) groups excluding carboxylic acids is 1. The van der Waals surface area contributed by atoms with Gasteiger partial charge in [-0.1, -0.05) is 6.42 Å². The molecule has 2 fully saturated rings. The van der Waals surface area contributed by atoms with Crippen molar-refractivity contribution >= 4 is 5.91 Å². The van der Waals surface area contributed by atoms with Gasteiger partial charge in [-0.25, -0.2) is 0 Å². The highest BCUT2D eigenvalue weighted by Crippen LogP contribution is 2.26. The Hall–Kier alpha value is -0.610. The molecule has 1 amide bonds. The summed E-state index contributed by atoms with van der Waals surface area (Å²) in [7, 11) is 1.95. The molecule has 0 unspecified atom stereocenters. The van der Waals surface area contributed by atoms with Gasteiger partial charge >= 0.3 is 0 Å². The average molecular weight is 225 g/mol. The Morgan fingerprint density at radius 2 is 2.06 bits per heavy atom. The molecule has 1 heterocycles. The third kappa shape index (κ3) is 3.19. The van der Waals surface area contributed by atoms with Crippen LogP contribution in [-0.2, 0) is 4.79 Å². The van der Waals surface area contributed by atoms with Crippen LogP contribution in [0, 0.1) is 5.92 Å². The highest BCUT2D eigenvalue weighted by molar-refractivity contribution is 5.78. The third-order valence-electron chi connectivity index (χ3n) is 3.75. The van der Waals surface area contributed by atoms with E-state index in [1.54, 1.807) is 0 Å². The van der Waals surface area contributed by atoms with Gasteiger partial charge in [0, 0.05) is 39.8 Å². The molecule has 2 aliphatic rings. The fourth-order valence-corrected chi connectivity index (χ4v) is 2.35. The van der Waals surface area contributed by atoms with Crippen LogP contribution in [0.4, 0.5) is 0 Å². The van der Waals surface area contributed by atoms with E-state index in [-0.39, 0.29) is 5.91 Å². The molecule has 0 atom stereocenters. The van der Waals surface area contributed by atoms with Crippen LogP contribution >= 0.6 is 0 Å². The van der Waals surface area contributed by atoms with Crippen LogP contribution in [0.2, 0.25) is 0 Å². The number of nitrogens with one attached hydrogen (secondary N) is 1. The van der Waals surface area contributed by atoms with E-state index in [9.17, 15) is 4.79 Å². The maximum Gasteiger partial charge on any atom is 0.236 e. The first-order valence-electron chi connectivity index (χ1n) is 6.43. The monoisotopic (exact) mass is 225 g/mol. The number of carbonyl (C=O) groups is 1. The minimum Gasteiger partial charge on any atom is -0.344 e. The Balaban J connectivity index is 1.68. The number of hydrogen-bond donors (Lipinski definition) is 1. The van der Waals surface area contributed by atoms with Gasteiger partial charge in [-0.15, -0.1) is 0 Å². The molecule has 2 rings (SSSR count). The molecule has 0 spiro atoms. The molecule has 16 heavy (non-hydrogen) atoms. The van der Waals surface area contributed by atoms with E-state index >= 15 is 0 Å². The summed E-state index contributed by atoms with van der Waals surface area (Å²) in [5.41, 5.74) is 0. The van der Waals surface area contributed by atoms with Crippen molar-refractivity contribution in [1.82, 2.24) is 15.1 Å². The number of amides is 1. The summed E-state index contributed by atoms with van der Waals surface area (Å²) in [5, 5.41) is 3.30. The molecule has 1 aliphatic heterocycles. The van der Waals surface area contributed by atoms with Gasteiger partial charge in [0.25, 0.3) is 0 Å². The van der Waals surface area contributed by atoms with Gasteiger partial charge in [0.05, 0.1) is 6.54 Å². The highest BCUT2D eigenvalue weighted by atomic mass is 16.2. The van der Waals surface area contributed by atoms with Crippen LogP contribution in [-0.4, -0.2) is 62.0 Å². The predicted molar refractivity (Wildman–Crippen MR) is 64.3 cm³/mol. The lowest BCUT2D eigenvalue weighted by atomic mass is 9.85. The number of nitrogens with zero attached hydrogens (tertiary/aromatic N) is 2. The van der Waals surface area contributed by atoms with Crippen LogP contribution in [0.3, 0.4) is 0 Å². The molecule has 0 aromatic heterocycles. The quantitative estimate of drug-likeness (QED) is 0.740. The van der Waals surface area contributed by atoms with Gasteiger partial charge in [-0.2, -0.15) is 0 Å². The Labute approximate surface area is 98.0 Å². The lowest BCUT2D eigenvalue weighted by molar-refractivity contribution is -0.132. The molecule has 0 radical (unpaired) electrons. The summed E-state index contributed by atoms with van der Waals surface area (Å²) >= 11 is 0. The van der Waals surface area contributed by atoms with Gasteiger partial charge in [0.1, 0.15) is 0 Å². The fraction of sp³-hybridized carbons (Fsp3) is 0.917. The van der Waals surface area contributed by atoms with Gasteiger partial charge < -0.3 is 10.2 Å². The van der Waals surface area contributed by atoms with E-state index in [0.29, 0.717) is 6.54 Å². The molecule has 1 N–H and O–H groups in total. The first kappa shape index (κ1) is 11.9. The fourth-order valence-electron chi connectivity index (χ4n) is 2.35. The largest absolute Gasteiger partial charge is 0.344 e. The molecule has 4 nitrogen and oxygen atoms in total. The van der Waals surface area contributed by atoms with Crippen LogP contribution in [0.25, 0.3) is 0 Å². The lowest BCUT2D eigenvalue weighted by Crippen LogP contribution is -2.48. The SMILES string of the molecule is CN(CC1CCC1)C(=O)CN1CCNCC1. The van der Waals surface area contributed by atoms with Gasteiger partial charge in [0.15, 0.2) is 0 Å². The summed E-state index contributed by atoms with van der Waals surface area (Å²) < 4.78 is 0. The number of likely N-dealkylation sites (N-methyl/N-ethyl adjacent to an activating group) is 1. The highest BCUT2D eigenvalue weighted by Gasteiger charge is 2.22. The number of piperazine rings is 1. The van der Waals surface area contributed by atoms with Crippen LogP contribution in [0.5, 0.6) is 0 Å². The minimum atomic E-state index is 0.286. The molecular formula is C12H23N3O. The molecule has 92 valence electrons. The summed E-state index contributed by atoms with van der Waals surface area (Å²) in [5.74, 6) is 1.06. The van der Waals surface area contributed by atoms with Crippen LogP contribution in [0.1, 0.15) is 19.3 Å². The van der Waals surface area contributed by atoms with Crippen molar-refractivity contribution in [2.24, 2.45) is 5.92 Å². The van der Waals surface area contributed by atoms with E-state index in [2.05, 4.69) is 10.2 Å². The van der Waals surface area contributed by atoms with Crippen LogP contribution < -0.4 is 5.32 Å². The first-order chi connectivity index (χ1) is 7.75. The second-order valence-corrected chi connectivity index (χ2v) is 5.10. The molecule has 0 aromatic rings. The van der Waals surface area contributed by atoms with E-state index < -0.39 is 0 Å². The molecule has 1 saturated carbocycles. The second-order valence-electron chi connectivity index (χ2n) is 5.10. The zero-order chi connectivity index (χ0) is 11.4. The zero-order valence-electron chi connectivity index (χ0n) is 10.2. The van der Waals surface area contributed by atoms with Crippen LogP contribution in [0.15, 0.2) is 0 Å². The van der Waals surface area contributed by atoms with Crippen molar-refractivity contribution in [1.29, 1.82) is 0 Å². The minimum absolute atomic E-state index is 0.286. The molecule has 1 aliphatic carbocycles. The molecule has 4 heteroatoms. The zero-order valence-corrected chi connectivity index (χ0v) is 10.2. The first-order valence-corrected chi connectivity index (χ1v) is 6.43. The van der Waals surface area contributed by atoms with E-state index in [0.717, 1.165) is 38.6 Å². The molecule has 0 aromatic carbocycles. The standard InChI is InChI=1S/C12H23N3O/c1-14(9-11-3-2-4-11)12(16)10-15-7-5-13-6-8-15/h11,13H,2-10H2,1H3. The maximum atomic E-state index is 12.0. The smallest absolute Gasteiger partial charge is 0.236 e. The summed E-state index contributed by atoms with van der Waals surface area (Å²) in [6.07, 6.45) is 3.97. The average Bonchev–Trinajstić information content (AvgIpc) is 2.24. The maximum absolute atomic E-state index is 12.0. The molecule has 0 bridgehead atoms. The van der Waals surface area contributed by atoms with E-state index in [4.69, 9.17) is 0 Å². The van der Waals surface area contributed by atoms with Crippen molar-refractivity contribution in [3.05, 3.63) is 0 Å². The van der Waals surface area contributed by atoms with Gasteiger partial charge in [0.2, 0.25) is 5.91 Å². The number of hydrogen-bond acceptors (Lipinski definition) is 3. The van der Waals surface area contributed by atoms with E-state index in [1.165, 1.54) is 19.3 Å². The molecular weight excluding hydrogens is 202 g/mol. The van der Waals surface area contributed by atoms with Crippen molar-refractivity contribution in [2.45, 2.75) is 19.3 Å². The topological polar surface area (TPSA) is 35.6 Å². The summed E-state index contributed by atoms with van der Waals surface area (Å²) in [6.45, 7) is 5.60. The molecule has 1 saturated heterocycles. The van der Waals surface area contributed by atoms with Crippen molar-refractivity contribution < 1.29 is 4.79 Å². The van der Waals surface area contributed by atoms with Crippen molar-refractivity contribution in [3.8, 4) is 0 Å². The Morgan fingerprint density at radius 1 is 1.38 bits per heavy atom. The van der Waals surface area contributed by atoms with Crippen molar-refractivity contribution in [2.75, 3.05) is 46.3 Å². The second kappa shape index (κ2) is 5.64.